The second kappa shape index (κ2) is 6.51. The van der Waals surface area contributed by atoms with Gasteiger partial charge in [0.25, 0.3) is 0 Å². The number of phenols is 1. The zero-order chi connectivity index (χ0) is 16.4. The largest absolute Gasteiger partial charge is 0.507 e. The number of para-hydroxylation sites is 1. The van der Waals surface area contributed by atoms with E-state index in [2.05, 4.69) is 0 Å². The van der Waals surface area contributed by atoms with Crippen molar-refractivity contribution in [3.8, 4) is 11.5 Å². The number of halogens is 1. The molecule has 0 unspecified atom stereocenters. The van der Waals surface area contributed by atoms with Crippen LogP contribution in [0.3, 0.4) is 0 Å². The number of aryl methyl sites for hydroxylation is 1. The molecule has 0 radical (unpaired) electrons. The molecule has 1 N–H and O–H groups in total. The lowest BCUT2D eigenvalue weighted by Gasteiger charge is -2.14. The SMILES string of the molecule is CCOc1ccccc1Cc1cc(Cl)c2cccc(C)c2c1O. The Morgan fingerprint density at radius 3 is 2.61 bits per heavy atom. The van der Waals surface area contributed by atoms with Crippen LogP contribution in [0, 0.1) is 6.92 Å². The normalized spacial score (nSPS) is 10.9. The van der Waals surface area contributed by atoms with E-state index >= 15 is 0 Å². The molecule has 0 bridgehead atoms. The Morgan fingerprint density at radius 2 is 1.83 bits per heavy atom. The Kier molecular flexibility index (Phi) is 4.44. The second-order valence-electron chi connectivity index (χ2n) is 5.58. The van der Waals surface area contributed by atoms with Crippen molar-refractivity contribution in [3.05, 3.63) is 70.2 Å². The highest BCUT2D eigenvalue weighted by Crippen LogP contribution is 2.38. The predicted molar refractivity (Wildman–Crippen MR) is 95.8 cm³/mol. The quantitative estimate of drug-likeness (QED) is 0.686. The van der Waals surface area contributed by atoms with Gasteiger partial charge in [0.05, 0.1) is 6.61 Å². The van der Waals surface area contributed by atoms with Crippen molar-refractivity contribution in [1.29, 1.82) is 0 Å². The average molecular weight is 327 g/mol. The van der Waals surface area contributed by atoms with E-state index < -0.39 is 0 Å². The molecule has 0 heterocycles. The van der Waals surface area contributed by atoms with Crippen molar-refractivity contribution < 1.29 is 9.84 Å². The third-order valence-electron chi connectivity index (χ3n) is 4.03. The van der Waals surface area contributed by atoms with Crippen LogP contribution in [0.15, 0.2) is 48.5 Å². The fraction of sp³-hybridized carbons (Fsp3) is 0.200. The summed E-state index contributed by atoms with van der Waals surface area (Å²) in [6.45, 7) is 4.56. The van der Waals surface area contributed by atoms with E-state index in [4.69, 9.17) is 16.3 Å². The summed E-state index contributed by atoms with van der Waals surface area (Å²) >= 11 is 6.43. The van der Waals surface area contributed by atoms with Crippen molar-refractivity contribution in [2.45, 2.75) is 20.3 Å². The molecule has 118 valence electrons. The summed E-state index contributed by atoms with van der Waals surface area (Å²) in [4.78, 5) is 0. The van der Waals surface area contributed by atoms with Gasteiger partial charge in [0, 0.05) is 27.8 Å². The minimum Gasteiger partial charge on any atom is -0.507 e. The molecule has 3 heteroatoms. The van der Waals surface area contributed by atoms with Crippen molar-refractivity contribution in [1.82, 2.24) is 0 Å². The topological polar surface area (TPSA) is 29.5 Å². The van der Waals surface area contributed by atoms with Gasteiger partial charge in [-0.2, -0.15) is 0 Å². The molecule has 23 heavy (non-hydrogen) atoms. The number of hydrogen-bond acceptors (Lipinski definition) is 2. The molecule has 0 saturated carbocycles. The maximum atomic E-state index is 10.7. The van der Waals surface area contributed by atoms with Crippen LogP contribution in [0.25, 0.3) is 10.8 Å². The van der Waals surface area contributed by atoms with E-state index in [9.17, 15) is 5.11 Å². The van der Waals surface area contributed by atoms with Gasteiger partial charge in [-0.1, -0.05) is 48.0 Å². The van der Waals surface area contributed by atoms with Crippen LogP contribution in [0.5, 0.6) is 11.5 Å². The maximum absolute atomic E-state index is 10.7. The Bertz CT molecular complexity index is 856. The van der Waals surface area contributed by atoms with Crippen LogP contribution < -0.4 is 4.74 Å². The predicted octanol–water partition coefficient (Wildman–Crippen LogP) is 5.50. The Balaban J connectivity index is 2.11. The number of aromatic hydroxyl groups is 1. The zero-order valence-electron chi connectivity index (χ0n) is 13.3. The van der Waals surface area contributed by atoms with Gasteiger partial charge in [0.15, 0.2) is 0 Å². The van der Waals surface area contributed by atoms with Crippen LogP contribution in [0.4, 0.5) is 0 Å². The van der Waals surface area contributed by atoms with Crippen molar-refractivity contribution >= 4 is 22.4 Å². The summed E-state index contributed by atoms with van der Waals surface area (Å²) in [5.41, 5.74) is 2.86. The molecule has 0 aliphatic heterocycles. The molecule has 3 aromatic rings. The van der Waals surface area contributed by atoms with Gasteiger partial charge in [-0.05, 0) is 37.1 Å². The number of benzene rings is 3. The summed E-state index contributed by atoms with van der Waals surface area (Å²) < 4.78 is 5.68. The molecule has 0 atom stereocenters. The number of phenolic OH excluding ortho intramolecular Hbond substituents is 1. The molecule has 0 aliphatic rings. The smallest absolute Gasteiger partial charge is 0.127 e. The van der Waals surface area contributed by atoms with Crippen LogP contribution in [-0.2, 0) is 6.42 Å². The average Bonchev–Trinajstić information content (AvgIpc) is 2.54. The van der Waals surface area contributed by atoms with Gasteiger partial charge < -0.3 is 9.84 Å². The Labute approximate surface area is 141 Å². The third-order valence-corrected chi connectivity index (χ3v) is 4.34. The Morgan fingerprint density at radius 1 is 1.04 bits per heavy atom. The van der Waals surface area contributed by atoms with E-state index in [1.807, 2.05) is 62.4 Å². The number of fused-ring (bicyclic) bond motifs is 1. The molecule has 0 aliphatic carbocycles. The minimum absolute atomic E-state index is 0.300. The van der Waals surface area contributed by atoms with E-state index in [1.54, 1.807) is 0 Å². The van der Waals surface area contributed by atoms with Crippen LogP contribution in [-0.4, -0.2) is 11.7 Å². The monoisotopic (exact) mass is 326 g/mol. The molecule has 3 aromatic carbocycles. The molecule has 0 aromatic heterocycles. The maximum Gasteiger partial charge on any atom is 0.127 e. The van der Waals surface area contributed by atoms with E-state index in [1.165, 1.54) is 0 Å². The highest BCUT2D eigenvalue weighted by Gasteiger charge is 2.14. The van der Waals surface area contributed by atoms with Crippen LogP contribution in [0.1, 0.15) is 23.6 Å². The fourth-order valence-electron chi connectivity index (χ4n) is 2.93. The third kappa shape index (κ3) is 2.99. The summed E-state index contributed by atoms with van der Waals surface area (Å²) in [6, 6.07) is 15.6. The summed E-state index contributed by atoms with van der Waals surface area (Å²) in [6.07, 6.45) is 0.575. The van der Waals surface area contributed by atoms with E-state index in [0.29, 0.717) is 23.8 Å². The van der Waals surface area contributed by atoms with Crippen molar-refractivity contribution in [2.24, 2.45) is 0 Å². The highest BCUT2D eigenvalue weighted by atomic mass is 35.5. The molecule has 0 saturated heterocycles. The number of hydrogen-bond donors (Lipinski definition) is 1. The van der Waals surface area contributed by atoms with E-state index in [0.717, 1.165) is 33.2 Å². The molecule has 0 spiro atoms. The van der Waals surface area contributed by atoms with Gasteiger partial charge in [-0.3, -0.25) is 0 Å². The van der Waals surface area contributed by atoms with Crippen LogP contribution >= 0.6 is 11.6 Å². The van der Waals surface area contributed by atoms with Gasteiger partial charge in [0.1, 0.15) is 11.5 Å². The minimum atomic E-state index is 0.300. The Hall–Kier alpha value is -2.19. The molecule has 3 rings (SSSR count). The molecular weight excluding hydrogens is 308 g/mol. The van der Waals surface area contributed by atoms with Crippen molar-refractivity contribution in [2.75, 3.05) is 6.61 Å². The van der Waals surface area contributed by atoms with Gasteiger partial charge in [-0.25, -0.2) is 0 Å². The zero-order valence-corrected chi connectivity index (χ0v) is 14.0. The van der Waals surface area contributed by atoms with Gasteiger partial charge in [-0.15, -0.1) is 0 Å². The van der Waals surface area contributed by atoms with Crippen LogP contribution in [0.2, 0.25) is 5.02 Å². The first-order valence-corrected chi connectivity index (χ1v) is 8.10. The number of ether oxygens (including phenoxy) is 1. The first-order chi connectivity index (χ1) is 11.1. The van der Waals surface area contributed by atoms with Crippen molar-refractivity contribution in [3.63, 3.8) is 0 Å². The fourth-order valence-corrected chi connectivity index (χ4v) is 3.22. The highest BCUT2D eigenvalue weighted by molar-refractivity contribution is 6.36. The van der Waals surface area contributed by atoms with Gasteiger partial charge in [0.2, 0.25) is 0 Å². The number of rotatable bonds is 4. The lowest BCUT2D eigenvalue weighted by molar-refractivity contribution is 0.337. The molecular formula is C20H19ClO2. The molecule has 0 fully saturated rings. The van der Waals surface area contributed by atoms with Gasteiger partial charge >= 0.3 is 0 Å². The summed E-state index contributed by atoms with van der Waals surface area (Å²) in [7, 11) is 0. The summed E-state index contributed by atoms with van der Waals surface area (Å²) in [5.74, 6) is 1.14. The second-order valence-corrected chi connectivity index (χ2v) is 5.99. The summed E-state index contributed by atoms with van der Waals surface area (Å²) in [5, 5.41) is 13.1. The molecule has 0 amide bonds. The lowest BCUT2D eigenvalue weighted by Crippen LogP contribution is -1.98. The first-order valence-electron chi connectivity index (χ1n) is 7.72. The lowest BCUT2D eigenvalue weighted by atomic mass is 9.97. The van der Waals surface area contributed by atoms with E-state index in [-0.39, 0.29) is 0 Å². The standard InChI is InChI=1S/C20H19ClO2/c1-3-23-18-10-5-4-8-14(18)11-15-12-17(21)16-9-6-7-13(2)19(16)20(15)22/h4-10,12,22H,3,11H2,1-2H3. The first kappa shape index (κ1) is 15.7. The molecule has 2 nitrogen and oxygen atoms in total.